The Morgan fingerprint density at radius 2 is 2.10 bits per heavy atom. The second-order valence-electron chi connectivity index (χ2n) is 7.66. The summed E-state index contributed by atoms with van der Waals surface area (Å²) in [7, 11) is 1.49. The lowest BCUT2D eigenvalue weighted by molar-refractivity contribution is -0.125. The van der Waals surface area contributed by atoms with Gasteiger partial charge in [0.1, 0.15) is 12.4 Å². The minimum atomic E-state index is -0.541. The lowest BCUT2D eigenvalue weighted by Crippen LogP contribution is -2.48. The van der Waals surface area contributed by atoms with E-state index in [1.165, 1.54) is 13.2 Å². The molecule has 3 rings (SSSR count). The first-order chi connectivity index (χ1) is 14.9. The first kappa shape index (κ1) is 22.6. The van der Waals surface area contributed by atoms with E-state index in [1.54, 1.807) is 30.5 Å². The van der Waals surface area contributed by atoms with Crippen LogP contribution in [0.25, 0.3) is 0 Å². The van der Waals surface area contributed by atoms with Gasteiger partial charge in [0, 0.05) is 31.9 Å². The monoisotopic (exact) mass is 429 g/mol. The van der Waals surface area contributed by atoms with E-state index in [0.717, 1.165) is 30.6 Å². The fourth-order valence-electron chi connectivity index (χ4n) is 3.57. The molecule has 8 nitrogen and oxygen atoms in total. The molecule has 0 unspecified atom stereocenters. The van der Waals surface area contributed by atoms with Crippen LogP contribution in [0.1, 0.15) is 24.1 Å². The smallest absolute Gasteiger partial charge is 0.323 e. The van der Waals surface area contributed by atoms with Crippen LogP contribution < -0.4 is 16.0 Å². The predicted molar refractivity (Wildman–Crippen MR) is 116 cm³/mol. The average Bonchev–Trinajstić information content (AvgIpc) is 2.72. The number of pyridine rings is 1. The summed E-state index contributed by atoms with van der Waals surface area (Å²) >= 11 is 0. The van der Waals surface area contributed by atoms with Crippen molar-refractivity contribution in [1.29, 1.82) is 0 Å². The molecule has 166 valence electrons. The van der Waals surface area contributed by atoms with Crippen molar-refractivity contribution < 1.29 is 18.7 Å². The highest BCUT2D eigenvalue weighted by Crippen LogP contribution is 2.20. The summed E-state index contributed by atoms with van der Waals surface area (Å²) in [5, 5.41) is 8.17. The molecule has 9 heteroatoms. The highest BCUT2D eigenvalue weighted by molar-refractivity contribution is 5.99. The molecule has 0 saturated carbocycles. The number of piperidine rings is 1. The molecule has 3 amide bonds. The van der Waals surface area contributed by atoms with Crippen molar-refractivity contribution in [1.82, 2.24) is 15.2 Å². The molecule has 0 bridgehead atoms. The van der Waals surface area contributed by atoms with Crippen LogP contribution in [0.5, 0.6) is 0 Å². The Hall–Kier alpha value is -3.04. The van der Waals surface area contributed by atoms with Crippen LogP contribution in [-0.2, 0) is 16.1 Å². The SMILES string of the molecule is COCC(=O)N[C@H]1CCCN(Cc2ccc(F)c(NC(=O)Nc3ccc(C)nc3)c2)C1. The van der Waals surface area contributed by atoms with E-state index in [-0.39, 0.29) is 24.2 Å². The summed E-state index contributed by atoms with van der Waals surface area (Å²) in [6.45, 7) is 4.08. The minimum absolute atomic E-state index is 0.0458. The Labute approximate surface area is 181 Å². The molecule has 1 aliphatic rings. The lowest BCUT2D eigenvalue weighted by Gasteiger charge is -2.33. The molecule has 1 aliphatic heterocycles. The number of methoxy groups -OCH3 is 1. The normalized spacial score (nSPS) is 16.5. The third kappa shape index (κ3) is 7.01. The zero-order valence-electron chi connectivity index (χ0n) is 17.8. The third-order valence-electron chi connectivity index (χ3n) is 5.00. The average molecular weight is 429 g/mol. The van der Waals surface area contributed by atoms with Gasteiger partial charge in [-0.1, -0.05) is 6.07 Å². The van der Waals surface area contributed by atoms with Crippen molar-refractivity contribution in [2.75, 3.05) is 37.4 Å². The van der Waals surface area contributed by atoms with Crippen molar-refractivity contribution in [3.8, 4) is 0 Å². The molecular formula is C22H28FN5O3. The number of amides is 3. The number of likely N-dealkylation sites (tertiary alicyclic amines) is 1. The third-order valence-corrected chi connectivity index (χ3v) is 5.00. The van der Waals surface area contributed by atoms with E-state index < -0.39 is 11.8 Å². The number of halogens is 1. The number of hydrogen-bond donors (Lipinski definition) is 3. The van der Waals surface area contributed by atoms with Gasteiger partial charge in [-0.2, -0.15) is 0 Å². The van der Waals surface area contributed by atoms with Crippen molar-refractivity contribution in [2.24, 2.45) is 0 Å². The minimum Gasteiger partial charge on any atom is -0.375 e. The molecule has 3 N–H and O–H groups in total. The number of hydrogen-bond acceptors (Lipinski definition) is 5. The maximum absolute atomic E-state index is 14.3. The Bertz CT molecular complexity index is 907. The number of ether oxygens (including phenoxy) is 1. The second kappa shape index (κ2) is 10.8. The zero-order valence-corrected chi connectivity index (χ0v) is 17.8. The number of carbonyl (C=O) groups excluding carboxylic acids is 2. The van der Waals surface area contributed by atoms with Crippen molar-refractivity contribution in [3.63, 3.8) is 0 Å². The number of aryl methyl sites for hydroxylation is 1. The van der Waals surface area contributed by atoms with Crippen LogP contribution in [0.3, 0.4) is 0 Å². The van der Waals surface area contributed by atoms with Gasteiger partial charge in [-0.3, -0.25) is 14.7 Å². The Kier molecular flexibility index (Phi) is 7.91. The predicted octanol–water partition coefficient (Wildman–Crippen LogP) is 2.90. The molecule has 1 fully saturated rings. The van der Waals surface area contributed by atoms with E-state index in [1.807, 2.05) is 6.92 Å². The van der Waals surface area contributed by atoms with E-state index >= 15 is 0 Å². The number of anilines is 2. The molecular weight excluding hydrogens is 401 g/mol. The number of carbonyl (C=O) groups is 2. The van der Waals surface area contributed by atoms with Crippen molar-refractivity contribution in [2.45, 2.75) is 32.4 Å². The number of rotatable bonds is 7. The quantitative estimate of drug-likeness (QED) is 0.629. The summed E-state index contributed by atoms with van der Waals surface area (Å²) in [5.74, 6) is -0.637. The zero-order chi connectivity index (χ0) is 22.2. The van der Waals surface area contributed by atoms with E-state index in [2.05, 4.69) is 25.8 Å². The van der Waals surface area contributed by atoms with Gasteiger partial charge in [0.15, 0.2) is 0 Å². The molecule has 0 aliphatic carbocycles. The van der Waals surface area contributed by atoms with E-state index in [0.29, 0.717) is 18.8 Å². The highest BCUT2D eigenvalue weighted by Gasteiger charge is 2.21. The molecule has 1 atom stereocenters. The number of aromatic nitrogens is 1. The lowest BCUT2D eigenvalue weighted by atomic mass is 10.0. The summed E-state index contributed by atoms with van der Waals surface area (Å²) in [5.41, 5.74) is 2.34. The molecule has 31 heavy (non-hydrogen) atoms. The van der Waals surface area contributed by atoms with Gasteiger partial charge in [0.25, 0.3) is 0 Å². The van der Waals surface area contributed by atoms with Crippen LogP contribution in [0.2, 0.25) is 0 Å². The summed E-state index contributed by atoms with van der Waals surface area (Å²) in [6.07, 6.45) is 3.41. The maximum atomic E-state index is 14.3. The van der Waals surface area contributed by atoms with Gasteiger partial charge < -0.3 is 20.7 Å². The van der Waals surface area contributed by atoms with E-state index in [9.17, 15) is 14.0 Å². The Balaban J connectivity index is 1.58. The number of benzene rings is 1. The van der Waals surface area contributed by atoms with Gasteiger partial charge in [-0.25, -0.2) is 9.18 Å². The molecule has 0 radical (unpaired) electrons. The van der Waals surface area contributed by atoms with Crippen LogP contribution >= 0.6 is 0 Å². The van der Waals surface area contributed by atoms with Crippen LogP contribution in [0, 0.1) is 12.7 Å². The first-order valence-electron chi connectivity index (χ1n) is 10.2. The topological polar surface area (TPSA) is 95.6 Å². The summed E-state index contributed by atoms with van der Waals surface area (Å²) in [4.78, 5) is 30.3. The molecule has 1 aromatic carbocycles. The molecule has 2 heterocycles. The fourth-order valence-corrected chi connectivity index (χ4v) is 3.57. The number of urea groups is 1. The standard InChI is InChI=1S/C22H28FN5O3/c1-15-5-7-17(11-24-15)26-22(30)27-20-10-16(6-8-19(20)23)12-28-9-3-4-18(13-28)25-21(29)14-31-2/h5-8,10-11,18H,3-4,9,12-14H2,1-2H3,(H,25,29)(H2,26,27,30)/t18-/m0/s1. The fraction of sp³-hybridized carbons (Fsp3) is 0.409. The van der Waals surface area contributed by atoms with Crippen LogP contribution in [0.4, 0.5) is 20.6 Å². The van der Waals surface area contributed by atoms with E-state index in [4.69, 9.17) is 4.74 Å². The van der Waals surface area contributed by atoms with Crippen LogP contribution in [-0.4, -0.2) is 54.7 Å². The number of nitrogens with zero attached hydrogens (tertiary/aromatic N) is 2. The van der Waals surface area contributed by atoms with Gasteiger partial charge in [-0.05, 0) is 56.1 Å². The highest BCUT2D eigenvalue weighted by atomic mass is 19.1. The molecule has 2 aromatic rings. The van der Waals surface area contributed by atoms with Crippen LogP contribution in [0.15, 0.2) is 36.5 Å². The van der Waals surface area contributed by atoms with Gasteiger partial charge in [0.05, 0.1) is 17.6 Å². The second-order valence-corrected chi connectivity index (χ2v) is 7.66. The van der Waals surface area contributed by atoms with Gasteiger partial charge in [-0.15, -0.1) is 0 Å². The first-order valence-corrected chi connectivity index (χ1v) is 10.2. The maximum Gasteiger partial charge on any atom is 0.323 e. The summed E-state index contributed by atoms with van der Waals surface area (Å²) in [6, 6.07) is 7.71. The number of nitrogens with one attached hydrogen (secondary N) is 3. The summed E-state index contributed by atoms with van der Waals surface area (Å²) < 4.78 is 19.1. The van der Waals surface area contributed by atoms with Crippen molar-refractivity contribution in [3.05, 3.63) is 53.6 Å². The molecule has 0 spiro atoms. The molecule has 1 saturated heterocycles. The van der Waals surface area contributed by atoms with Crippen molar-refractivity contribution >= 4 is 23.3 Å². The Morgan fingerprint density at radius 3 is 2.84 bits per heavy atom. The van der Waals surface area contributed by atoms with Gasteiger partial charge >= 0.3 is 6.03 Å². The molecule has 1 aromatic heterocycles. The van der Waals surface area contributed by atoms with Gasteiger partial charge in [0.2, 0.25) is 5.91 Å². The Morgan fingerprint density at radius 1 is 1.26 bits per heavy atom. The largest absolute Gasteiger partial charge is 0.375 e.